The molecule has 14 heavy (non-hydrogen) atoms. The molecule has 1 aromatic heterocycles. The second kappa shape index (κ2) is 3.46. The van der Waals surface area contributed by atoms with Crippen molar-refractivity contribution in [3.8, 4) is 0 Å². The number of aromatic nitrogens is 1. The first kappa shape index (κ1) is 9.28. The molecule has 74 valence electrons. The van der Waals surface area contributed by atoms with E-state index in [4.69, 9.17) is 5.73 Å². The molecule has 0 aliphatic heterocycles. The molecule has 2 aromatic rings. The van der Waals surface area contributed by atoms with Crippen LogP contribution in [0.25, 0.3) is 10.9 Å². The standard InChI is InChI=1S/C12H16N2/c1-9-7-10(2)12-11(8-9)3-5-14(12)6-4-13/h3,5,7-8H,4,6,13H2,1-2H3. The van der Waals surface area contributed by atoms with Crippen LogP contribution in [0.4, 0.5) is 0 Å². The maximum Gasteiger partial charge on any atom is 0.0510 e. The molecule has 0 atom stereocenters. The molecule has 0 saturated heterocycles. The molecule has 0 unspecified atom stereocenters. The van der Waals surface area contributed by atoms with Gasteiger partial charge in [-0.3, -0.25) is 0 Å². The van der Waals surface area contributed by atoms with E-state index in [1.807, 2.05) is 0 Å². The molecule has 0 spiro atoms. The van der Waals surface area contributed by atoms with Gasteiger partial charge in [-0.2, -0.15) is 0 Å². The van der Waals surface area contributed by atoms with Crippen LogP contribution in [0.2, 0.25) is 0 Å². The number of hydrogen-bond acceptors (Lipinski definition) is 1. The van der Waals surface area contributed by atoms with Gasteiger partial charge in [0.1, 0.15) is 0 Å². The fraction of sp³-hybridized carbons (Fsp3) is 0.333. The summed E-state index contributed by atoms with van der Waals surface area (Å²) < 4.78 is 2.23. The number of hydrogen-bond donors (Lipinski definition) is 1. The van der Waals surface area contributed by atoms with E-state index < -0.39 is 0 Å². The van der Waals surface area contributed by atoms with Crippen molar-refractivity contribution in [2.24, 2.45) is 5.73 Å². The van der Waals surface area contributed by atoms with E-state index in [1.165, 1.54) is 22.0 Å². The molecule has 2 rings (SSSR count). The summed E-state index contributed by atoms with van der Waals surface area (Å²) in [6, 6.07) is 6.59. The molecule has 0 amide bonds. The lowest BCUT2D eigenvalue weighted by Crippen LogP contribution is -2.09. The molecule has 2 N–H and O–H groups in total. The fourth-order valence-electron chi connectivity index (χ4n) is 2.08. The van der Waals surface area contributed by atoms with E-state index in [0.717, 1.165) is 6.54 Å². The Bertz CT molecular complexity index is 455. The Hall–Kier alpha value is -1.28. The van der Waals surface area contributed by atoms with Crippen LogP contribution in [-0.2, 0) is 6.54 Å². The van der Waals surface area contributed by atoms with Gasteiger partial charge in [0.25, 0.3) is 0 Å². The van der Waals surface area contributed by atoms with Gasteiger partial charge in [-0.1, -0.05) is 11.6 Å². The minimum Gasteiger partial charge on any atom is -0.346 e. The Kier molecular flexibility index (Phi) is 2.30. The Morgan fingerprint density at radius 2 is 2.07 bits per heavy atom. The molecular formula is C12H16N2. The average molecular weight is 188 g/mol. The lowest BCUT2D eigenvalue weighted by atomic mass is 10.1. The summed E-state index contributed by atoms with van der Waals surface area (Å²) in [6.07, 6.45) is 2.12. The van der Waals surface area contributed by atoms with Crippen LogP contribution in [0.3, 0.4) is 0 Å². The van der Waals surface area contributed by atoms with E-state index >= 15 is 0 Å². The van der Waals surface area contributed by atoms with Gasteiger partial charge in [0.2, 0.25) is 0 Å². The first-order valence-corrected chi connectivity index (χ1v) is 4.98. The summed E-state index contributed by atoms with van der Waals surface area (Å²) in [5.74, 6) is 0. The van der Waals surface area contributed by atoms with Crippen molar-refractivity contribution in [3.63, 3.8) is 0 Å². The molecule has 0 saturated carbocycles. The zero-order chi connectivity index (χ0) is 10.1. The third-order valence-electron chi connectivity index (χ3n) is 2.57. The maximum absolute atomic E-state index is 5.57. The van der Waals surface area contributed by atoms with Gasteiger partial charge in [-0.05, 0) is 31.5 Å². The predicted octanol–water partition coefficient (Wildman–Crippen LogP) is 2.22. The van der Waals surface area contributed by atoms with E-state index in [0.29, 0.717) is 6.54 Å². The number of nitrogens with two attached hydrogens (primary N) is 1. The lowest BCUT2D eigenvalue weighted by molar-refractivity contribution is 0.734. The van der Waals surface area contributed by atoms with Gasteiger partial charge in [0.05, 0.1) is 5.52 Å². The molecular weight excluding hydrogens is 172 g/mol. The van der Waals surface area contributed by atoms with Crippen LogP contribution in [0.5, 0.6) is 0 Å². The minimum atomic E-state index is 0.692. The van der Waals surface area contributed by atoms with Crippen LogP contribution < -0.4 is 5.73 Å². The lowest BCUT2D eigenvalue weighted by Gasteiger charge is -2.06. The van der Waals surface area contributed by atoms with Crippen LogP contribution in [0, 0.1) is 13.8 Å². The summed E-state index contributed by atoms with van der Waals surface area (Å²) in [5, 5.41) is 1.32. The third-order valence-corrected chi connectivity index (χ3v) is 2.57. The van der Waals surface area contributed by atoms with Crippen LogP contribution in [-0.4, -0.2) is 11.1 Å². The topological polar surface area (TPSA) is 30.9 Å². The van der Waals surface area contributed by atoms with Crippen molar-refractivity contribution >= 4 is 10.9 Å². The molecule has 0 fully saturated rings. The molecule has 2 heteroatoms. The Morgan fingerprint density at radius 3 is 2.79 bits per heavy atom. The smallest absolute Gasteiger partial charge is 0.0510 e. The van der Waals surface area contributed by atoms with Crippen molar-refractivity contribution in [1.82, 2.24) is 4.57 Å². The van der Waals surface area contributed by atoms with Crippen LogP contribution in [0.15, 0.2) is 24.4 Å². The molecule has 1 heterocycles. The highest BCUT2D eigenvalue weighted by atomic mass is 15.0. The summed E-state index contributed by atoms with van der Waals surface area (Å²) in [4.78, 5) is 0. The summed E-state index contributed by atoms with van der Waals surface area (Å²) in [5.41, 5.74) is 9.54. The Morgan fingerprint density at radius 1 is 1.29 bits per heavy atom. The SMILES string of the molecule is Cc1cc(C)c2c(ccn2CCN)c1. The molecule has 1 aromatic carbocycles. The van der Waals surface area contributed by atoms with Crippen molar-refractivity contribution in [2.45, 2.75) is 20.4 Å². The summed E-state index contributed by atoms with van der Waals surface area (Å²) in [6.45, 7) is 5.87. The van der Waals surface area contributed by atoms with Crippen molar-refractivity contribution in [1.29, 1.82) is 0 Å². The van der Waals surface area contributed by atoms with Crippen molar-refractivity contribution < 1.29 is 0 Å². The van der Waals surface area contributed by atoms with E-state index in [1.54, 1.807) is 0 Å². The highest BCUT2D eigenvalue weighted by molar-refractivity contribution is 5.84. The first-order valence-electron chi connectivity index (χ1n) is 4.98. The van der Waals surface area contributed by atoms with Gasteiger partial charge in [0.15, 0.2) is 0 Å². The quantitative estimate of drug-likeness (QED) is 0.769. The van der Waals surface area contributed by atoms with E-state index in [2.05, 4.69) is 42.8 Å². The first-order chi connectivity index (χ1) is 6.72. The number of rotatable bonds is 2. The summed E-state index contributed by atoms with van der Waals surface area (Å²) in [7, 11) is 0. The highest BCUT2D eigenvalue weighted by Crippen LogP contribution is 2.21. The highest BCUT2D eigenvalue weighted by Gasteiger charge is 2.03. The van der Waals surface area contributed by atoms with Gasteiger partial charge in [-0.15, -0.1) is 0 Å². The number of benzene rings is 1. The van der Waals surface area contributed by atoms with Crippen LogP contribution >= 0.6 is 0 Å². The minimum absolute atomic E-state index is 0.692. The van der Waals surface area contributed by atoms with Gasteiger partial charge in [0, 0.05) is 24.7 Å². The van der Waals surface area contributed by atoms with E-state index in [-0.39, 0.29) is 0 Å². The van der Waals surface area contributed by atoms with Gasteiger partial charge < -0.3 is 10.3 Å². The molecule has 0 aliphatic carbocycles. The Labute approximate surface area is 84.3 Å². The van der Waals surface area contributed by atoms with Gasteiger partial charge in [-0.25, -0.2) is 0 Å². The third kappa shape index (κ3) is 1.42. The van der Waals surface area contributed by atoms with Gasteiger partial charge >= 0.3 is 0 Å². The van der Waals surface area contributed by atoms with Crippen molar-refractivity contribution in [3.05, 3.63) is 35.5 Å². The maximum atomic E-state index is 5.57. The average Bonchev–Trinajstić information content (AvgIpc) is 2.49. The largest absolute Gasteiger partial charge is 0.346 e. The Balaban J connectivity index is 2.66. The molecule has 0 aliphatic rings. The number of nitrogens with zero attached hydrogens (tertiary/aromatic N) is 1. The second-order valence-corrected chi connectivity index (χ2v) is 3.82. The molecule has 0 radical (unpaired) electrons. The number of aryl methyl sites for hydroxylation is 2. The monoisotopic (exact) mass is 188 g/mol. The molecule has 0 bridgehead atoms. The predicted molar refractivity (Wildman–Crippen MR) is 60.5 cm³/mol. The van der Waals surface area contributed by atoms with Crippen molar-refractivity contribution in [2.75, 3.05) is 6.54 Å². The van der Waals surface area contributed by atoms with Crippen LogP contribution in [0.1, 0.15) is 11.1 Å². The summed E-state index contributed by atoms with van der Waals surface area (Å²) >= 11 is 0. The zero-order valence-electron chi connectivity index (χ0n) is 8.75. The number of fused-ring (bicyclic) bond motifs is 1. The zero-order valence-corrected chi connectivity index (χ0v) is 8.75. The molecule has 2 nitrogen and oxygen atoms in total. The normalized spacial score (nSPS) is 11.1. The van der Waals surface area contributed by atoms with E-state index in [9.17, 15) is 0 Å². The fourth-order valence-corrected chi connectivity index (χ4v) is 2.08. The second-order valence-electron chi connectivity index (χ2n) is 3.82.